The van der Waals surface area contributed by atoms with Gasteiger partial charge in [0.15, 0.2) is 0 Å². The van der Waals surface area contributed by atoms with Gasteiger partial charge in [0.05, 0.1) is 0 Å². The van der Waals surface area contributed by atoms with Crippen molar-refractivity contribution in [1.82, 2.24) is 9.88 Å². The number of halogens is 1. The van der Waals surface area contributed by atoms with E-state index in [-0.39, 0.29) is 12.5 Å². The zero-order chi connectivity index (χ0) is 15.5. The molecule has 0 radical (unpaired) electrons. The Morgan fingerprint density at radius 1 is 1.41 bits per heavy atom. The smallest absolute Gasteiger partial charge is 0.273 e. The maximum Gasteiger partial charge on any atom is 0.273 e. The van der Waals surface area contributed by atoms with E-state index < -0.39 is 0 Å². The molecule has 1 aromatic carbocycles. The second-order valence-electron chi connectivity index (χ2n) is 5.47. The normalized spacial score (nSPS) is 16.0. The number of aliphatic hydroxyl groups excluding tert-OH is 1. The highest BCUT2D eigenvalue weighted by molar-refractivity contribution is 7.13. The topological polar surface area (TPSA) is 53.4 Å². The number of aliphatic hydroxyl groups is 1. The molecular weight excluding hydrogens is 320 g/mol. The highest BCUT2D eigenvalue weighted by Gasteiger charge is 2.24. The third kappa shape index (κ3) is 3.32. The average Bonchev–Trinajstić information content (AvgIpc) is 3.04. The molecule has 1 fully saturated rings. The van der Waals surface area contributed by atoms with E-state index in [4.69, 9.17) is 16.7 Å². The van der Waals surface area contributed by atoms with Gasteiger partial charge in [0.1, 0.15) is 10.7 Å². The van der Waals surface area contributed by atoms with Crippen LogP contribution in [-0.4, -0.2) is 40.6 Å². The number of carbonyl (C=O) groups excluding carboxylic acids is 1. The van der Waals surface area contributed by atoms with Crippen molar-refractivity contribution in [2.24, 2.45) is 5.92 Å². The number of amides is 1. The highest BCUT2D eigenvalue weighted by atomic mass is 35.5. The van der Waals surface area contributed by atoms with Gasteiger partial charge >= 0.3 is 0 Å². The SMILES string of the molecule is O=C(c1csc(-c2cccc(Cl)c2)n1)N1CCC(CO)CC1. The van der Waals surface area contributed by atoms with Gasteiger partial charge in [-0.05, 0) is 30.9 Å². The molecule has 1 saturated heterocycles. The largest absolute Gasteiger partial charge is 0.396 e. The number of rotatable bonds is 3. The molecule has 2 aromatic rings. The third-order valence-electron chi connectivity index (χ3n) is 3.95. The summed E-state index contributed by atoms with van der Waals surface area (Å²) in [6.45, 7) is 1.58. The van der Waals surface area contributed by atoms with Crippen LogP contribution in [0.5, 0.6) is 0 Å². The first kappa shape index (κ1) is 15.5. The summed E-state index contributed by atoms with van der Waals surface area (Å²) in [6.07, 6.45) is 1.71. The van der Waals surface area contributed by atoms with Gasteiger partial charge in [0, 0.05) is 35.7 Å². The summed E-state index contributed by atoms with van der Waals surface area (Å²) < 4.78 is 0. The van der Waals surface area contributed by atoms with Gasteiger partial charge in [-0.1, -0.05) is 23.7 Å². The quantitative estimate of drug-likeness (QED) is 0.935. The number of hydrogen-bond acceptors (Lipinski definition) is 4. The van der Waals surface area contributed by atoms with Crippen molar-refractivity contribution in [1.29, 1.82) is 0 Å². The van der Waals surface area contributed by atoms with Gasteiger partial charge < -0.3 is 10.0 Å². The molecule has 0 unspecified atom stereocenters. The van der Waals surface area contributed by atoms with E-state index in [1.807, 2.05) is 29.2 Å². The molecule has 0 aliphatic carbocycles. The Kier molecular flexibility index (Phi) is 4.76. The van der Waals surface area contributed by atoms with Crippen molar-refractivity contribution in [3.05, 3.63) is 40.4 Å². The van der Waals surface area contributed by atoms with Crippen LogP contribution in [0.4, 0.5) is 0 Å². The predicted molar refractivity (Wildman–Crippen MR) is 88.3 cm³/mol. The fourth-order valence-corrected chi connectivity index (χ4v) is 3.59. The first-order valence-electron chi connectivity index (χ1n) is 7.29. The molecule has 3 rings (SSSR count). The van der Waals surface area contributed by atoms with E-state index in [0.717, 1.165) is 23.4 Å². The van der Waals surface area contributed by atoms with Gasteiger partial charge in [-0.2, -0.15) is 0 Å². The Balaban J connectivity index is 1.72. The van der Waals surface area contributed by atoms with Crippen molar-refractivity contribution >= 4 is 28.8 Å². The molecule has 0 bridgehead atoms. The number of carbonyl (C=O) groups is 1. The molecule has 1 aromatic heterocycles. The summed E-state index contributed by atoms with van der Waals surface area (Å²) in [5.41, 5.74) is 1.41. The van der Waals surface area contributed by atoms with E-state index in [1.54, 1.807) is 5.38 Å². The molecule has 0 atom stereocenters. The van der Waals surface area contributed by atoms with E-state index >= 15 is 0 Å². The minimum Gasteiger partial charge on any atom is -0.396 e. The molecule has 116 valence electrons. The Morgan fingerprint density at radius 2 is 2.18 bits per heavy atom. The van der Waals surface area contributed by atoms with Crippen molar-refractivity contribution in [2.45, 2.75) is 12.8 Å². The van der Waals surface area contributed by atoms with Crippen LogP contribution in [0, 0.1) is 5.92 Å². The Hall–Kier alpha value is -1.43. The molecule has 1 aliphatic rings. The summed E-state index contributed by atoms with van der Waals surface area (Å²) in [7, 11) is 0. The summed E-state index contributed by atoms with van der Waals surface area (Å²) >= 11 is 7.45. The number of benzene rings is 1. The van der Waals surface area contributed by atoms with Gasteiger partial charge in [-0.15, -0.1) is 11.3 Å². The van der Waals surface area contributed by atoms with Crippen LogP contribution in [0.3, 0.4) is 0 Å². The minimum atomic E-state index is -0.0269. The molecule has 1 aliphatic heterocycles. The van der Waals surface area contributed by atoms with Crippen molar-refractivity contribution < 1.29 is 9.90 Å². The minimum absolute atomic E-state index is 0.0269. The summed E-state index contributed by atoms with van der Waals surface area (Å²) in [5, 5.41) is 12.4. The molecule has 1 N–H and O–H groups in total. The molecule has 0 saturated carbocycles. The standard InChI is InChI=1S/C16H17ClN2O2S/c17-13-3-1-2-12(8-13)15-18-14(10-22-15)16(21)19-6-4-11(9-20)5-7-19/h1-3,8,10-11,20H,4-7,9H2. The zero-order valence-corrected chi connectivity index (χ0v) is 13.6. The highest BCUT2D eigenvalue weighted by Crippen LogP contribution is 2.27. The van der Waals surface area contributed by atoms with Crippen LogP contribution in [0.2, 0.25) is 5.02 Å². The van der Waals surface area contributed by atoms with E-state index in [9.17, 15) is 4.79 Å². The fraction of sp³-hybridized carbons (Fsp3) is 0.375. The monoisotopic (exact) mass is 336 g/mol. The van der Waals surface area contributed by atoms with Crippen LogP contribution in [0.25, 0.3) is 10.6 Å². The number of piperidine rings is 1. The summed E-state index contributed by atoms with van der Waals surface area (Å²) in [6, 6.07) is 7.48. The Labute approximate surface area is 138 Å². The second kappa shape index (κ2) is 6.77. The van der Waals surface area contributed by atoms with Crippen molar-refractivity contribution in [3.8, 4) is 10.6 Å². The fourth-order valence-electron chi connectivity index (χ4n) is 2.61. The number of aromatic nitrogens is 1. The predicted octanol–water partition coefficient (Wildman–Crippen LogP) is 3.31. The molecule has 2 heterocycles. The average molecular weight is 337 g/mol. The number of likely N-dealkylation sites (tertiary alicyclic amines) is 1. The molecule has 6 heteroatoms. The first-order valence-corrected chi connectivity index (χ1v) is 8.54. The molecule has 22 heavy (non-hydrogen) atoms. The Morgan fingerprint density at radius 3 is 2.86 bits per heavy atom. The van der Waals surface area contributed by atoms with Gasteiger partial charge in [-0.3, -0.25) is 4.79 Å². The molecule has 4 nitrogen and oxygen atoms in total. The van der Waals surface area contributed by atoms with Crippen LogP contribution in [0.1, 0.15) is 23.3 Å². The number of thiazole rings is 1. The summed E-state index contributed by atoms with van der Waals surface area (Å²) in [5.74, 6) is 0.294. The lowest BCUT2D eigenvalue weighted by Gasteiger charge is -2.30. The lowest BCUT2D eigenvalue weighted by molar-refractivity contribution is 0.0646. The lowest BCUT2D eigenvalue weighted by atomic mass is 9.98. The lowest BCUT2D eigenvalue weighted by Crippen LogP contribution is -2.39. The summed E-state index contributed by atoms with van der Waals surface area (Å²) in [4.78, 5) is 18.8. The molecular formula is C16H17ClN2O2S. The van der Waals surface area contributed by atoms with Crippen LogP contribution in [0.15, 0.2) is 29.6 Å². The van der Waals surface area contributed by atoms with E-state index in [2.05, 4.69) is 4.98 Å². The van der Waals surface area contributed by atoms with Gasteiger partial charge in [-0.25, -0.2) is 4.98 Å². The number of hydrogen-bond donors (Lipinski definition) is 1. The van der Waals surface area contributed by atoms with Crippen LogP contribution >= 0.6 is 22.9 Å². The van der Waals surface area contributed by atoms with E-state index in [0.29, 0.717) is 29.7 Å². The van der Waals surface area contributed by atoms with Crippen LogP contribution < -0.4 is 0 Å². The second-order valence-corrected chi connectivity index (χ2v) is 6.76. The van der Waals surface area contributed by atoms with Gasteiger partial charge in [0.25, 0.3) is 5.91 Å². The van der Waals surface area contributed by atoms with E-state index in [1.165, 1.54) is 11.3 Å². The Bertz CT molecular complexity index is 666. The molecule has 1 amide bonds. The van der Waals surface area contributed by atoms with Gasteiger partial charge in [0.2, 0.25) is 0 Å². The molecule has 0 spiro atoms. The van der Waals surface area contributed by atoms with Crippen molar-refractivity contribution in [2.75, 3.05) is 19.7 Å². The maximum absolute atomic E-state index is 12.5. The number of nitrogens with zero attached hydrogens (tertiary/aromatic N) is 2. The van der Waals surface area contributed by atoms with Crippen LogP contribution in [-0.2, 0) is 0 Å². The maximum atomic E-state index is 12.5. The van der Waals surface area contributed by atoms with Crippen molar-refractivity contribution in [3.63, 3.8) is 0 Å². The zero-order valence-electron chi connectivity index (χ0n) is 12.0. The third-order valence-corrected chi connectivity index (χ3v) is 5.08. The first-order chi connectivity index (χ1) is 10.7.